The molecule has 24 rings (SSSR count). The van der Waals surface area contributed by atoms with Crippen LogP contribution in [0.25, 0.3) is 0 Å². The lowest BCUT2D eigenvalue weighted by molar-refractivity contribution is -0.193. The molecule has 0 aromatic carbocycles. The highest BCUT2D eigenvalue weighted by Crippen LogP contribution is 2.70. The van der Waals surface area contributed by atoms with Gasteiger partial charge in [-0.1, -0.05) is 173 Å². The molecule has 0 aliphatic heterocycles. The Labute approximate surface area is 923 Å². The van der Waals surface area contributed by atoms with Crippen LogP contribution >= 0.6 is 0 Å². The van der Waals surface area contributed by atoms with Crippen molar-refractivity contribution in [2.75, 3.05) is 54.2 Å². The van der Waals surface area contributed by atoms with E-state index < -0.39 is 21.7 Å². The van der Waals surface area contributed by atoms with Crippen LogP contribution in [-0.2, 0) is 99.9 Å². The first-order chi connectivity index (χ1) is 65.0. The van der Waals surface area contributed by atoms with Crippen LogP contribution in [0.3, 0.4) is 0 Å². The maximum absolute atomic E-state index is 12.0. The molecule has 24 aliphatic carbocycles. The van der Waals surface area contributed by atoms with Crippen LogP contribution in [0.15, 0.2) is 0 Å². The van der Waals surface area contributed by atoms with Gasteiger partial charge in [0.25, 0.3) is 0 Å². The summed E-state index contributed by atoms with van der Waals surface area (Å²) < 4.78 is 77.9. The summed E-state index contributed by atoms with van der Waals surface area (Å²) in [6.07, 6.45) is 54.2. The van der Waals surface area contributed by atoms with Gasteiger partial charge in [-0.15, -0.1) is 0 Å². The molecule has 0 spiro atoms. The van der Waals surface area contributed by atoms with Crippen molar-refractivity contribution in [2.45, 2.75) is 528 Å². The standard InChI is InChI=1S/C19H30O3.C18H28O3.C18H30O3.C17H28O3.C16H26O3.C14H24O3.C13H22O3.14CH4/c1-4-19(2,3)18(20)22-10-21-15-9-13-8-14(15)17-12-6-5-11(7-12)16(13)17;1-3-10(2)18(19)21-9-20-15-8-13-7-14(15)17-12-5-4-11(6-12)16(13)17;1-4-17(2,3)16(19)21-12-20-11-18-8-13-5-14(9-18)7-15(6-13)10-18;1-4-17(2,3)16(18)20-10-19-15-13-6-11-5-12(8-13)9-14(15)7-11;1-3-10(2)16(17)19-9-18-15-13-5-11-4-12(7-13)8-14(15)6-11;1-4-14(2,3)13(15)17-9-16-12-8-10-5-6-11(12)7-10;1-3-9(2)13(14)16-8-15-12-7-10-4-5-11(12)6-10;;;;;;;;;;;;;;/h11-17H,4-10H2,1-3H3;10-17H,3-9H2,1-2H3;13-15H,4-12H2,1-3H3;11-15H,4-10H2,1-3H3;10-15H,3-9H2,1-2H3;10-12H,4-9H2,1-3H3;9-12H,3-8H2,1-2H3;14*1H4. The van der Waals surface area contributed by atoms with Crippen molar-refractivity contribution in [1.82, 2.24) is 0 Å². The van der Waals surface area contributed by atoms with Gasteiger partial charge in [-0.2, -0.15) is 0 Å². The van der Waals surface area contributed by atoms with Crippen LogP contribution < -0.4 is 0 Å². The van der Waals surface area contributed by atoms with Crippen molar-refractivity contribution in [2.24, 2.45) is 205 Å². The van der Waals surface area contributed by atoms with E-state index in [1.54, 1.807) is 0 Å². The number of hydrogen-bond donors (Lipinski definition) is 0. The lowest BCUT2D eigenvalue weighted by Gasteiger charge is -2.56. The van der Waals surface area contributed by atoms with Crippen LogP contribution in [0.2, 0.25) is 0 Å². The SMILES string of the molecule is C.C.C.C.C.C.C.C.C.C.C.C.C.C.CCC(C)(C)C(=O)OCOC1C2CC3CC(C2)CC1C3.CCC(C)(C)C(=O)OCOC1CC2CC1C1C3CCC(C3)C21.CCC(C)(C)C(=O)OCOC1CC2CCC1C2.CCC(C)(C)C(=O)OCOCC12CC3CC(CC(C3)C1)C2.CCC(C)C(=O)OCOC1C2CC3CC(C2)CC1C3.CCC(C)C(=O)OCOC1CC2CC1C1C3CCC(C3)C21.CCC(C)C(=O)OCOC1CC2CCC1C2. The molecule has 21 heteroatoms. The molecular formula is C129H244O21. The predicted octanol–water partition coefficient (Wildman–Crippen LogP) is 33.7. The monoisotopic (exact) mass is 2130 g/mol. The Hall–Kier alpha value is -3.99. The highest BCUT2D eigenvalue weighted by atomic mass is 16.7. The minimum absolute atomic E-state index is 0. The number of carbonyl (C=O) groups is 7. The summed E-state index contributed by atoms with van der Waals surface area (Å²) in [5.74, 6) is 23.1. The molecule has 886 valence electrons. The van der Waals surface area contributed by atoms with Gasteiger partial charge in [0.1, 0.15) is 0 Å². The van der Waals surface area contributed by atoms with E-state index in [4.69, 9.17) is 66.3 Å². The number of carbonyl (C=O) groups excluding carboxylic acids is 7. The molecule has 0 saturated heterocycles. The maximum atomic E-state index is 12.0. The number of rotatable bonds is 36. The van der Waals surface area contributed by atoms with Crippen LogP contribution in [0.5, 0.6) is 0 Å². The molecule has 0 aromatic rings. The molecule has 150 heavy (non-hydrogen) atoms. The molecule has 0 N–H and O–H groups in total. The Kier molecular flexibility index (Phi) is 60.8. The molecule has 24 aliphatic rings. The zero-order valence-corrected chi connectivity index (χ0v) is 88.0. The van der Waals surface area contributed by atoms with Gasteiger partial charge in [0, 0.05) is 0 Å². The van der Waals surface area contributed by atoms with Gasteiger partial charge in [0.05, 0.1) is 82.6 Å². The number of esters is 7. The first-order valence-electron chi connectivity index (χ1n) is 56.5. The molecule has 0 amide bonds. The number of ether oxygens (including phenoxy) is 14. The van der Waals surface area contributed by atoms with E-state index in [9.17, 15) is 33.6 Å². The van der Waals surface area contributed by atoms with Gasteiger partial charge in [0.15, 0.2) is 47.6 Å². The Morgan fingerprint density at radius 2 is 0.487 bits per heavy atom. The minimum atomic E-state index is -0.399. The van der Waals surface area contributed by atoms with Gasteiger partial charge in [0.2, 0.25) is 0 Å². The third-order valence-electron chi connectivity index (χ3n) is 41.4. The second-order valence-electron chi connectivity index (χ2n) is 51.6. The van der Waals surface area contributed by atoms with Crippen LogP contribution in [0.4, 0.5) is 0 Å². The third-order valence-corrected chi connectivity index (χ3v) is 41.4. The molecule has 0 radical (unpaired) electrons. The second-order valence-corrected chi connectivity index (χ2v) is 51.6. The van der Waals surface area contributed by atoms with E-state index >= 15 is 0 Å². The van der Waals surface area contributed by atoms with Crippen LogP contribution in [0.1, 0.15) is 492 Å². The Morgan fingerprint density at radius 1 is 0.240 bits per heavy atom. The average molecular weight is 2130 g/mol. The van der Waals surface area contributed by atoms with Crippen LogP contribution in [0, 0.1) is 205 Å². The van der Waals surface area contributed by atoms with Crippen molar-refractivity contribution < 1.29 is 99.9 Å². The fourth-order valence-electron chi connectivity index (χ4n) is 32.6. The van der Waals surface area contributed by atoms with Gasteiger partial charge in [-0.3, -0.25) is 33.6 Å². The Morgan fingerprint density at radius 3 is 0.760 bits per heavy atom. The number of fused-ring (bicyclic) bond motifs is 22. The highest BCUT2D eigenvalue weighted by molar-refractivity contribution is 5.77. The van der Waals surface area contributed by atoms with Gasteiger partial charge in [-0.05, 0) is 484 Å². The topological polar surface area (TPSA) is 249 Å². The Bertz CT molecular complexity index is 3800. The smallest absolute Gasteiger partial charge is 0.313 e. The normalized spacial score (nSPS) is 36.3. The summed E-state index contributed by atoms with van der Waals surface area (Å²) in [7, 11) is 0. The molecule has 21 nitrogen and oxygen atoms in total. The number of hydrogen-bond acceptors (Lipinski definition) is 21. The molecule has 0 aromatic heterocycles. The molecular weight excluding hydrogens is 1890 g/mol. The zero-order valence-electron chi connectivity index (χ0n) is 88.0. The minimum Gasteiger partial charge on any atom is -0.438 e. The fourth-order valence-corrected chi connectivity index (χ4v) is 32.6. The molecule has 23 unspecified atom stereocenters. The molecule has 24 fully saturated rings. The maximum Gasteiger partial charge on any atom is 0.313 e. The first-order valence-corrected chi connectivity index (χ1v) is 56.5. The van der Waals surface area contributed by atoms with Crippen molar-refractivity contribution >= 4 is 41.8 Å². The van der Waals surface area contributed by atoms with E-state index in [1.165, 1.54) is 218 Å². The summed E-state index contributed by atoms with van der Waals surface area (Å²) >= 11 is 0. The summed E-state index contributed by atoms with van der Waals surface area (Å²) in [5.41, 5.74) is -1.18. The first kappa shape index (κ1) is 144. The van der Waals surface area contributed by atoms with E-state index in [2.05, 4.69) is 0 Å². The van der Waals surface area contributed by atoms with E-state index in [0.717, 1.165) is 211 Å². The molecule has 24 saturated carbocycles. The molecule has 0 heterocycles. The van der Waals surface area contributed by atoms with E-state index in [0.29, 0.717) is 42.0 Å². The lowest BCUT2D eigenvalue weighted by atomic mass is 9.50. The van der Waals surface area contributed by atoms with Crippen LogP contribution in [-0.4, -0.2) is 133 Å². The summed E-state index contributed by atoms with van der Waals surface area (Å²) in [6.45, 7) is 37.0. The van der Waals surface area contributed by atoms with Gasteiger partial charge < -0.3 is 66.3 Å². The summed E-state index contributed by atoms with van der Waals surface area (Å²) in [4.78, 5) is 82.3. The van der Waals surface area contributed by atoms with Gasteiger partial charge >= 0.3 is 41.8 Å². The van der Waals surface area contributed by atoms with E-state index in [-0.39, 0.29) is 211 Å². The van der Waals surface area contributed by atoms with Crippen molar-refractivity contribution in [3.05, 3.63) is 0 Å². The quantitative estimate of drug-likeness (QED) is 0.0186. The van der Waals surface area contributed by atoms with Gasteiger partial charge in [-0.25, -0.2) is 0 Å². The van der Waals surface area contributed by atoms with Crippen molar-refractivity contribution in [3.63, 3.8) is 0 Å². The average Bonchev–Trinajstić information content (AvgIpc) is 1.55. The fraction of sp³-hybridized carbons (Fsp3) is 0.946. The zero-order chi connectivity index (χ0) is 96.9. The Balaban J connectivity index is 0.000000864. The van der Waals surface area contributed by atoms with Crippen molar-refractivity contribution in [3.8, 4) is 0 Å². The molecule has 23 atom stereocenters. The summed E-state index contributed by atoms with van der Waals surface area (Å²) in [6, 6.07) is 0. The third kappa shape index (κ3) is 34.3. The molecule has 24 bridgehead atoms. The second kappa shape index (κ2) is 63.3. The largest absolute Gasteiger partial charge is 0.438 e. The highest BCUT2D eigenvalue weighted by Gasteiger charge is 2.65. The predicted molar refractivity (Wildman–Crippen MR) is 614 cm³/mol. The van der Waals surface area contributed by atoms with Crippen molar-refractivity contribution in [1.29, 1.82) is 0 Å². The van der Waals surface area contributed by atoms with E-state index in [1.807, 2.05) is 125 Å². The summed E-state index contributed by atoms with van der Waals surface area (Å²) in [5, 5.41) is 0. The lowest BCUT2D eigenvalue weighted by Crippen LogP contribution is -2.49.